The van der Waals surface area contributed by atoms with Crippen molar-refractivity contribution in [1.29, 1.82) is 0 Å². The maximum Gasteiger partial charge on any atom is 0.252 e. The Balaban J connectivity index is 1.49. The van der Waals surface area contributed by atoms with E-state index in [1.54, 1.807) is 17.5 Å². The van der Waals surface area contributed by atoms with Crippen molar-refractivity contribution in [2.24, 2.45) is 5.92 Å². The zero-order valence-electron chi connectivity index (χ0n) is 16.5. The number of carbonyl (C=O) groups excluding carboxylic acids is 1. The summed E-state index contributed by atoms with van der Waals surface area (Å²) in [5, 5.41) is 4.76. The molecule has 1 aliphatic heterocycles. The summed E-state index contributed by atoms with van der Waals surface area (Å²) in [5.41, 5.74) is 3.85. The molecule has 1 saturated heterocycles. The van der Waals surface area contributed by atoms with E-state index in [-0.39, 0.29) is 18.4 Å². The molecule has 0 unspecified atom stereocenters. The van der Waals surface area contributed by atoms with Gasteiger partial charge >= 0.3 is 0 Å². The van der Waals surface area contributed by atoms with Crippen LogP contribution in [0.25, 0.3) is 0 Å². The predicted octanol–water partition coefficient (Wildman–Crippen LogP) is 3.51. The highest BCUT2D eigenvalue weighted by molar-refractivity contribution is 7.91. The van der Waals surface area contributed by atoms with Crippen molar-refractivity contribution in [2.75, 3.05) is 19.6 Å². The Labute approximate surface area is 171 Å². The minimum atomic E-state index is -3.48. The lowest BCUT2D eigenvalue weighted by Gasteiger charge is -2.30. The summed E-state index contributed by atoms with van der Waals surface area (Å²) < 4.78 is 27.2. The maximum absolute atomic E-state index is 12.7. The molecule has 7 heteroatoms. The second-order valence-corrected chi connectivity index (χ2v) is 10.6. The number of sulfonamides is 1. The highest BCUT2D eigenvalue weighted by Gasteiger charge is 2.33. The summed E-state index contributed by atoms with van der Waals surface area (Å²) in [7, 11) is -3.48. The number of hydrogen-bond acceptors (Lipinski definition) is 4. The molecular weight excluding hydrogens is 392 g/mol. The number of amides is 1. The molecule has 3 rings (SSSR count). The molecule has 1 aromatic carbocycles. The van der Waals surface area contributed by atoms with Crippen LogP contribution in [0.15, 0.2) is 39.9 Å². The molecule has 2 aromatic rings. The number of hydrogen-bond donors (Lipinski definition) is 1. The van der Waals surface area contributed by atoms with Crippen LogP contribution in [0.5, 0.6) is 0 Å². The number of nitrogens with one attached hydrogen (secondary N) is 1. The first kappa shape index (κ1) is 21.0. The van der Waals surface area contributed by atoms with Gasteiger partial charge < -0.3 is 5.32 Å². The van der Waals surface area contributed by atoms with Crippen LogP contribution in [-0.4, -0.2) is 38.3 Å². The lowest BCUT2D eigenvalue weighted by Crippen LogP contribution is -2.45. The van der Waals surface area contributed by atoms with Gasteiger partial charge in [0.2, 0.25) is 5.91 Å². The average Bonchev–Trinajstić information content (AvgIpc) is 3.22. The van der Waals surface area contributed by atoms with Gasteiger partial charge in [-0.05, 0) is 62.1 Å². The third-order valence-electron chi connectivity index (χ3n) is 5.26. The van der Waals surface area contributed by atoms with Crippen LogP contribution in [-0.2, 0) is 21.2 Å². The molecular formula is C21H28N2O3S2. The second-order valence-electron chi connectivity index (χ2n) is 7.46. The van der Waals surface area contributed by atoms with Crippen molar-refractivity contribution in [2.45, 2.75) is 43.7 Å². The molecule has 1 fully saturated rings. The number of carbonyl (C=O) groups is 1. The molecule has 5 nitrogen and oxygen atoms in total. The Morgan fingerprint density at radius 1 is 1.29 bits per heavy atom. The maximum atomic E-state index is 12.7. The summed E-state index contributed by atoms with van der Waals surface area (Å²) in [6.45, 7) is 5.56. The van der Waals surface area contributed by atoms with Crippen LogP contribution in [0.3, 0.4) is 0 Å². The van der Waals surface area contributed by atoms with Gasteiger partial charge in [0.05, 0.1) is 5.92 Å². The average molecular weight is 421 g/mol. The minimum Gasteiger partial charge on any atom is -0.356 e. The topological polar surface area (TPSA) is 66.5 Å². The van der Waals surface area contributed by atoms with Gasteiger partial charge in [0.15, 0.2) is 0 Å². The van der Waals surface area contributed by atoms with Crippen molar-refractivity contribution >= 4 is 27.3 Å². The third-order valence-corrected chi connectivity index (χ3v) is 8.50. The van der Waals surface area contributed by atoms with Gasteiger partial charge in [-0.25, -0.2) is 8.42 Å². The molecule has 28 heavy (non-hydrogen) atoms. The van der Waals surface area contributed by atoms with Crippen molar-refractivity contribution < 1.29 is 13.2 Å². The molecule has 1 atom stereocenters. The summed E-state index contributed by atoms with van der Waals surface area (Å²) in [5.74, 6) is -0.309. The first-order chi connectivity index (χ1) is 13.4. The monoisotopic (exact) mass is 420 g/mol. The van der Waals surface area contributed by atoms with Crippen LogP contribution in [0.2, 0.25) is 0 Å². The van der Waals surface area contributed by atoms with E-state index in [1.807, 2.05) is 0 Å². The van der Waals surface area contributed by atoms with Gasteiger partial charge in [-0.2, -0.15) is 4.31 Å². The fourth-order valence-electron chi connectivity index (χ4n) is 3.67. The van der Waals surface area contributed by atoms with Crippen LogP contribution in [0, 0.1) is 19.8 Å². The van der Waals surface area contributed by atoms with Crippen LogP contribution in [0.1, 0.15) is 36.0 Å². The smallest absolute Gasteiger partial charge is 0.252 e. The molecule has 1 amide bonds. The Hall–Kier alpha value is -1.70. The molecule has 1 aromatic heterocycles. The SMILES string of the molecule is Cc1ccc(CCCNC(=O)[C@H]2CCCN(S(=O)(=O)c3cccs3)C2)c(C)c1. The largest absolute Gasteiger partial charge is 0.356 e. The van der Waals surface area contributed by atoms with Crippen molar-refractivity contribution in [3.8, 4) is 0 Å². The summed E-state index contributed by atoms with van der Waals surface area (Å²) in [6, 6.07) is 9.81. The Morgan fingerprint density at radius 3 is 2.82 bits per heavy atom. The Bertz CT molecular complexity index is 908. The van der Waals surface area contributed by atoms with Crippen LogP contribution in [0.4, 0.5) is 0 Å². The Kier molecular flexibility index (Phi) is 6.91. The molecule has 1 N–H and O–H groups in total. The number of rotatable bonds is 7. The predicted molar refractivity (Wildman–Crippen MR) is 113 cm³/mol. The van der Waals surface area contributed by atoms with E-state index in [0.717, 1.165) is 19.3 Å². The summed E-state index contributed by atoms with van der Waals surface area (Å²) in [4.78, 5) is 12.6. The first-order valence-corrected chi connectivity index (χ1v) is 12.1. The van der Waals surface area contributed by atoms with Gasteiger partial charge in [-0.15, -0.1) is 11.3 Å². The van der Waals surface area contributed by atoms with Crippen LogP contribution >= 0.6 is 11.3 Å². The number of aryl methyl sites for hydroxylation is 3. The standard InChI is InChI=1S/C21H28N2O3S2/c1-16-9-10-18(17(2)14-16)6-3-11-22-21(24)19-7-4-12-23(15-19)28(25,26)20-8-5-13-27-20/h5,8-10,13-14,19H,3-4,6-7,11-12,15H2,1-2H3,(H,22,24)/t19-/m0/s1. The highest BCUT2D eigenvalue weighted by Crippen LogP contribution is 2.26. The van der Waals surface area contributed by atoms with Gasteiger partial charge in [-0.1, -0.05) is 29.8 Å². The van der Waals surface area contributed by atoms with E-state index in [0.29, 0.717) is 23.7 Å². The van der Waals surface area contributed by atoms with Crippen molar-refractivity contribution in [3.05, 3.63) is 52.4 Å². The number of nitrogens with zero attached hydrogens (tertiary/aromatic N) is 1. The van der Waals surface area contributed by atoms with Crippen molar-refractivity contribution in [3.63, 3.8) is 0 Å². The van der Waals surface area contributed by atoms with Gasteiger partial charge in [0.25, 0.3) is 10.0 Å². The normalized spacial score (nSPS) is 18.1. The number of benzene rings is 1. The van der Waals surface area contributed by atoms with Gasteiger partial charge in [-0.3, -0.25) is 4.79 Å². The quantitative estimate of drug-likeness (QED) is 0.697. The molecule has 0 spiro atoms. The Morgan fingerprint density at radius 2 is 2.11 bits per heavy atom. The first-order valence-electron chi connectivity index (χ1n) is 9.75. The van der Waals surface area contributed by atoms with E-state index in [9.17, 15) is 13.2 Å². The molecule has 2 heterocycles. The molecule has 0 saturated carbocycles. The molecule has 0 aliphatic carbocycles. The minimum absolute atomic E-state index is 0.0355. The number of piperidine rings is 1. The van der Waals surface area contributed by atoms with Crippen molar-refractivity contribution in [1.82, 2.24) is 9.62 Å². The summed E-state index contributed by atoms with van der Waals surface area (Å²) >= 11 is 1.22. The lowest BCUT2D eigenvalue weighted by molar-refractivity contribution is -0.126. The number of thiophene rings is 1. The van der Waals surface area contributed by atoms with Crippen LogP contribution < -0.4 is 5.32 Å². The van der Waals surface area contributed by atoms with E-state index < -0.39 is 10.0 Å². The summed E-state index contributed by atoms with van der Waals surface area (Å²) in [6.07, 6.45) is 3.25. The van der Waals surface area contributed by atoms with E-state index in [4.69, 9.17) is 0 Å². The molecule has 0 radical (unpaired) electrons. The third kappa shape index (κ3) is 5.01. The molecule has 1 aliphatic rings. The van der Waals surface area contributed by atoms with Gasteiger partial charge in [0.1, 0.15) is 4.21 Å². The zero-order valence-corrected chi connectivity index (χ0v) is 18.1. The van der Waals surface area contributed by atoms with E-state index >= 15 is 0 Å². The lowest BCUT2D eigenvalue weighted by atomic mass is 9.98. The van der Waals surface area contributed by atoms with E-state index in [2.05, 4.69) is 37.4 Å². The fraction of sp³-hybridized carbons (Fsp3) is 0.476. The fourth-order valence-corrected chi connectivity index (χ4v) is 6.34. The highest BCUT2D eigenvalue weighted by atomic mass is 32.2. The zero-order chi connectivity index (χ0) is 20.1. The molecule has 152 valence electrons. The van der Waals surface area contributed by atoms with E-state index in [1.165, 1.54) is 32.3 Å². The molecule has 0 bridgehead atoms. The second kappa shape index (κ2) is 9.20. The van der Waals surface area contributed by atoms with Gasteiger partial charge in [0, 0.05) is 19.6 Å².